The molecule has 0 aliphatic rings. The summed E-state index contributed by atoms with van der Waals surface area (Å²) in [5.74, 6) is -0.239. The van der Waals surface area contributed by atoms with Crippen molar-refractivity contribution in [2.75, 3.05) is 6.54 Å². The molecule has 3 N–H and O–H groups in total. The minimum Gasteiger partial charge on any atom is -0.361 e. The van der Waals surface area contributed by atoms with Crippen molar-refractivity contribution in [2.24, 2.45) is 0 Å². The van der Waals surface area contributed by atoms with E-state index in [1.54, 1.807) is 6.08 Å². The molecule has 0 spiro atoms. The minimum absolute atomic E-state index is 0.239. The van der Waals surface area contributed by atoms with Gasteiger partial charge in [-0.3, -0.25) is 15.6 Å². The van der Waals surface area contributed by atoms with E-state index < -0.39 is 0 Å². The lowest BCUT2D eigenvalue weighted by Gasteiger charge is -2.10. The van der Waals surface area contributed by atoms with Crippen LogP contribution in [0.2, 0.25) is 0 Å². The summed E-state index contributed by atoms with van der Waals surface area (Å²) in [7, 11) is 0. The minimum atomic E-state index is -0.239. The molecule has 0 radical (unpaired) electrons. The van der Waals surface area contributed by atoms with Crippen LogP contribution in [0.5, 0.6) is 0 Å². The van der Waals surface area contributed by atoms with Gasteiger partial charge in [-0.1, -0.05) is 51.0 Å². The Kier molecular flexibility index (Phi) is 8.91. The van der Waals surface area contributed by atoms with Crippen molar-refractivity contribution in [3.63, 3.8) is 0 Å². The number of carbonyl (C=O) groups is 1. The molecule has 1 aromatic rings. The fraction of sp³-hybridized carbons (Fsp3) is 0.412. The van der Waals surface area contributed by atoms with E-state index in [-0.39, 0.29) is 5.91 Å². The second-order valence-corrected chi connectivity index (χ2v) is 5.41. The van der Waals surface area contributed by atoms with E-state index in [0.717, 1.165) is 24.9 Å². The monoisotopic (exact) mass is 319 g/mol. The van der Waals surface area contributed by atoms with Crippen LogP contribution in [-0.4, -0.2) is 17.6 Å². The maximum Gasteiger partial charge on any atom is 0.262 e. The molecule has 22 heavy (non-hydrogen) atoms. The molecule has 120 valence electrons. The highest BCUT2D eigenvalue weighted by molar-refractivity contribution is 7.80. The maximum atomic E-state index is 11.7. The normalized spacial score (nSPS) is 10.5. The highest BCUT2D eigenvalue weighted by atomic mass is 32.1. The van der Waals surface area contributed by atoms with Crippen molar-refractivity contribution in [2.45, 2.75) is 39.5 Å². The summed E-state index contributed by atoms with van der Waals surface area (Å²) in [6, 6.07) is 8.11. The number of benzene rings is 1. The lowest BCUT2D eigenvalue weighted by atomic mass is 10.1. The predicted molar refractivity (Wildman–Crippen MR) is 96.3 cm³/mol. The summed E-state index contributed by atoms with van der Waals surface area (Å²) < 4.78 is 0. The van der Waals surface area contributed by atoms with E-state index in [1.165, 1.54) is 24.5 Å². The van der Waals surface area contributed by atoms with Gasteiger partial charge in [-0.2, -0.15) is 0 Å². The first kappa shape index (κ1) is 18.2. The average molecular weight is 319 g/mol. The summed E-state index contributed by atoms with van der Waals surface area (Å²) in [5.41, 5.74) is 7.49. The van der Waals surface area contributed by atoms with Gasteiger partial charge in [0, 0.05) is 12.6 Å². The molecule has 0 aliphatic carbocycles. The molecular weight excluding hydrogens is 294 g/mol. The van der Waals surface area contributed by atoms with Crippen LogP contribution in [0.25, 0.3) is 6.08 Å². The van der Waals surface area contributed by atoms with Crippen molar-refractivity contribution >= 4 is 29.3 Å². The fourth-order valence-electron chi connectivity index (χ4n) is 1.82. The van der Waals surface area contributed by atoms with E-state index in [4.69, 9.17) is 12.2 Å². The van der Waals surface area contributed by atoms with Crippen molar-refractivity contribution in [1.82, 2.24) is 16.2 Å². The van der Waals surface area contributed by atoms with Gasteiger partial charge in [-0.05, 0) is 42.3 Å². The van der Waals surface area contributed by atoms with E-state index in [1.807, 2.05) is 12.1 Å². The molecular formula is C17H25N3OS. The molecule has 0 heterocycles. The Morgan fingerprint density at radius 1 is 1.14 bits per heavy atom. The molecule has 0 saturated heterocycles. The van der Waals surface area contributed by atoms with Gasteiger partial charge in [0.15, 0.2) is 5.11 Å². The summed E-state index contributed by atoms with van der Waals surface area (Å²) in [5, 5.41) is 3.48. The summed E-state index contributed by atoms with van der Waals surface area (Å²) in [4.78, 5) is 11.7. The third-order valence-corrected chi connectivity index (χ3v) is 3.43. The van der Waals surface area contributed by atoms with E-state index in [0.29, 0.717) is 5.11 Å². The average Bonchev–Trinajstić information content (AvgIpc) is 2.55. The Bertz CT molecular complexity index is 497. The van der Waals surface area contributed by atoms with Crippen LogP contribution in [0.3, 0.4) is 0 Å². The first-order valence-corrected chi connectivity index (χ1v) is 8.17. The van der Waals surface area contributed by atoms with Crippen molar-refractivity contribution in [3.8, 4) is 0 Å². The highest BCUT2D eigenvalue weighted by Gasteiger charge is 1.97. The zero-order valence-electron chi connectivity index (χ0n) is 13.3. The van der Waals surface area contributed by atoms with Crippen molar-refractivity contribution in [3.05, 3.63) is 41.5 Å². The molecule has 0 bridgehead atoms. The molecule has 4 nitrogen and oxygen atoms in total. The molecule has 1 amide bonds. The van der Waals surface area contributed by atoms with Crippen LogP contribution in [0.4, 0.5) is 0 Å². The Hall–Kier alpha value is -1.88. The van der Waals surface area contributed by atoms with Gasteiger partial charge >= 0.3 is 0 Å². The topological polar surface area (TPSA) is 53.2 Å². The van der Waals surface area contributed by atoms with Crippen molar-refractivity contribution in [1.29, 1.82) is 0 Å². The van der Waals surface area contributed by atoms with Crippen LogP contribution in [0.15, 0.2) is 30.3 Å². The number of nitrogens with one attached hydrogen (secondary N) is 3. The van der Waals surface area contributed by atoms with Crippen LogP contribution < -0.4 is 16.2 Å². The highest BCUT2D eigenvalue weighted by Crippen LogP contribution is 2.06. The molecule has 0 saturated carbocycles. The second kappa shape index (κ2) is 10.8. The molecule has 5 heteroatoms. The molecule has 0 unspecified atom stereocenters. The number of unbranched alkanes of at least 4 members (excludes halogenated alkanes) is 2. The number of hydrogen-bond acceptors (Lipinski definition) is 2. The molecule has 0 fully saturated rings. The smallest absolute Gasteiger partial charge is 0.262 e. The third kappa shape index (κ3) is 7.78. The largest absolute Gasteiger partial charge is 0.361 e. The van der Waals surface area contributed by atoms with E-state index in [9.17, 15) is 4.79 Å². The maximum absolute atomic E-state index is 11.7. The Labute approximate surface area is 138 Å². The third-order valence-electron chi connectivity index (χ3n) is 3.18. The summed E-state index contributed by atoms with van der Waals surface area (Å²) in [6.45, 7) is 5.08. The van der Waals surface area contributed by atoms with Gasteiger partial charge in [0.2, 0.25) is 0 Å². The van der Waals surface area contributed by atoms with Crippen LogP contribution in [0.1, 0.15) is 44.2 Å². The number of amides is 1. The summed E-state index contributed by atoms with van der Waals surface area (Å²) >= 11 is 5.07. The van der Waals surface area contributed by atoms with Gasteiger partial charge in [-0.25, -0.2) is 0 Å². The number of aryl methyl sites for hydroxylation is 1. The van der Waals surface area contributed by atoms with Crippen molar-refractivity contribution < 1.29 is 4.79 Å². The number of hydrazine groups is 1. The molecule has 0 aliphatic heterocycles. The van der Waals surface area contributed by atoms with Gasteiger partial charge in [0.05, 0.1) is 0 Å². The molecule has 1 rings (SSSR count). The molecule has 0 aromatic heterocycles. The lowest BCUT2D eigenvalue weighted by Crippen LogP contribution is -2.46. The first-order chi connectivity index (χ1) is 10.7. The molecule has 0 atom stereocenters. The zero-order valence-corrected chi connectivity index (χ0v) is 14.1. The Morgan fingerprint density at radius 2 is 1.86 bits per heavy atom. The van der Waals surface area contributed by atoms with Gasteiger partial charge in [-0.15, -0.1) is 0 Å². The zero-order chi connectivity index (χ0) is 16.2. The van der Waals surface area contributed by atoms with Gasteiger partial charge in [0.25, 0.3) is 5.91 Å². The predicted octanol–water partition coefficient (Wildman–Crippen LogP) is 2.95. The molecule has 1 aromatic carbocycles. The Morgan fingerprint density at radius 3 is 2.50 bits per heavy atom. The van der Waals surface area contributed by atoms with Crippen LogP contribution in [0, 0.1) is 0 Å². The van der Waals surface area contributed by atoms with Gasteiger partial charge < -0.3 is 5.32 Å². The number of rotatable bonds is 7. The van der Waals surface area contributed by atoms with Crippen LogP contribution >= 0.6 is 12.2 Å². The standard InChI is InChI=1S/C17H25N3OS/c1-3-5-6-13-18-17(22)20-19-16(21)12-11-15-9-7-14(4-2)8-10-15/h7-12H,3-6,13H2,1-2H3,(H,19,21)(H2,18,20,22)/b12-11+. The van der Waals surface area contributed by atoms with E-state index in [2.05, 4.69) is 42.1 Å². The van der Waals surface area contributed by atoms with Gasteiger partial charge in [0.1, 0.15) is 0 Å². The number of hydrogen-bond donors (Lipinski definition) is 3. The second-order valence-electron chi connectivity index (χ2n) is 5.01. The fourth-order valence-corrected chi connectivity index (χ4v) is 1.97. The quantitative estimate of drug-likeness (QED) is 0.313. The van der Waals surface area contributed by atoms with Crippen LogP contribution in [-0.2, 0) is 11.2 Å². The Balaban J connectivity index is 2.27. The lowest BCUT2D eigenvalue weighted by molar-refractivity contribution is -0.116. The number of thiocarbonyl (C=S) groups is 1. The van der Waals surface area contributed by atoms with E-state index >= 15 is 0 Å². The number of carbonyl (C=O) groups excluding carboxylic acids is 1. The SMILES string of the molecule is CCCCCNC(=S)NNC(=O)/C=C/c1ccc(CC)cc1. The first-order valence-electron chi connectivity index (χ1n) is 7.76. The summed E-state index contributed by atoms with van der Waals surface area (Å²) in [6.07, 6.45) is 7.67.